The molecule has 0 atom stereocenters. The molecule has 0 fully saturated rings. The van der Waals surface area contributed by atoms with Gasteiger partial charge in [-0.2, -0.15) is 4.39 Å². The number of halogens is 2. The van der Waals surface area contributed by atoms with E-state index in [1.54, 1.807) is 0 Å². The third kappa shape index (κ3) is 5.62. The lowest BCUT2D eigenvalue weighted by Gasteiger charge is -2.09. The summed E-state index contributed by atoms with van der Waals surface area (Å²) < 4.78 is 43.3. The Hall–Kier alpha value is -3.74. The maximum Gasteiger partial charge on any atom is 0.338 e. The molecule has 5 nitrogen and oxygen atoms in total. The van der Waals surface area contributed by atoms with Crippen LogP contribution in [0.4, 0.5) is 8.78 Å². The molecule has 0 radical (unpaired) electrons. The topological polar surface area (TPSA) is 61.8 Å². The quantitative estimate of drug-likeness (QED) is 0.281. The number of ether oxygens (including phenoxy) is 3. The van der Waals surface area contributed by atoms with Crippen LogP contribution >= 0.6 is 0 Å². The first kappa shape index (κ1) is 21.6. The molecule has 0 heterocycles. The minimum Gasteiger partial charge on any atom is -0.459 e. The van der Waals surface area contributed by atoms with Crippen molar-refractivity contribution < 1.29 is 32.6 Å². The summed E-state index contributed by atoms with van der Waals surface area (Å²) >= 11 is 0. The second-order valence-corrected chi connectivity index (χ2v) is 6.01. The van der Waals surface area contributed by atoms with Gasteiger partial charge in [-0.3, -0.25) is 0 Å². The number of esters is 2. The predicted octanol–water partition coefficient (Wildman–Crippen LogP) is 5.08. The lowest BCUT2D eigenvalue weighted by atomic mass is 10.0. The van der Waals surface area contributed by atoms with E-state index in [9.17, 15) is 18.4 Å². The Labute approximate surface area is 166 Å². The molecule has 7 heteroatoms. The van der Waals surface area contributed by atoms with Crippen molar-refractivity contribution in [3.8, 4) is 22.6 Å². The van der Waals surface area contributed by atoms with Gasteiger partial charge < -0.3 is 14.2 Å². The average Bonchev–Trinajstić information content (AvgIpc) is 2.68. The van der Waals surface area contributed by atoms with E-state index < -0.39 is 23.6 Å². The molecule has 0 N–H and O–H groups in total. The highest BCUT2D eigenvalue weighted by atomic mass is 19.2. The molecule has 29 heavy (non-hydrogen) atoms. The van der Waals surface area contributed by atoms with Gasteiger partial charge in [-0.25, -0.2) is 14.0 Å². The first-order chi connectivity index (χ1) is 13.7. The van der Waals surface area contributed by atoms with Crippen LogP contribution in [-0.2, 0) is 14.3 Å². The van der Waals surface area contributed by atoms with E-state index in [4.69, 9.17) is 9.47 Å². The van der Waals surface area contributed by atoms with Gasteiger partial charge in [-0.1, -0.05) is 25.3 Å². The van der Waals surface area contributed by atoms with Crippen molar-refractivity contribution in [3.05, 3.63) is 84.9 Å². The molecule has 0 saturated heterocycles. The second kappa shape index (κ2) is 9.45. The summed E-state index contributed by atoms with van der Waals surface area (Å²) in [6.45, 7) is 9.85. The fourth-order valence-corrected chi connectivity index (χ4v) is 2.03. The molecular weight excluding hydrogens is 382 g/mol. The minimum absolute atomic E-state index is 0.00897. The highest BCUT2D eigenvalue weighted by Gasteiger charge is 2.16. The van der Waals surface area contributed by atoms with Crippen LogP contribution in [0.3, 0.4) is 0 Å². The van der Waals surface area contributed by atoms with Crippen LogP contribution < -0.4 is 9.47 Å². The Morgan fingerprint density at radius 1 is 0.862 bits per heavy atom. The van der Waals surface area contributed by atoms with Gasteiger partial charge in [-0.05, 0) is 43.7 Å². The number of rotatable bonds is 7. The number of hydrogen-bond donors (Lipinski definition) is 0. The highest BCUT2D eigenvalue weighted by Crippen LogP contribution is 2.31. The summed E-state index contributed by atoms with van der Waals surface area (Å²) in [4.78, 5) is 22.7. The molecule has 0 spiro atoms. The second-order valence-electron chi connectivity index (χ2n) is 6.01. The molecule has 0 unspecified atom stereocenters. The van der Waals surface area contributed by atoms with E-state index in [1.807, 2.05) is 0 Å². The molecular formula is C22H18F2O5. The fraction of sp³-hybridized carbons (Fsp3) is 0.0909. The van der Waals surface area contributed by atoms with Crippen LogP contribution in [-0.4, -0.2) is 11.9 Å². The SMILES string of the molecule is C=C(C)C(=O)O/C=C\Oc1ccc(-c2ccc(OC(=O)C(=C)C)cc2)c(F)c1F. The molecule has 0 aliphatic carbocycles. The molecule has 2 aromatic carbocycles. The fourth-order valence-electron chi connectivity index (χ4n) is 2.03. The van der Waals surface area contributed by atoms with E-state index in [-0.39, 0.29) is 28.2 Å². The zero-order valence-electron chi connectivity index (χ0n) is 15.8. The molecule has 0 bridgehead atoms. The Kier molecular flexibility index (Phi) is 7.03. The van der Waals surface area contributed by atoms with Gasteiger partial charge in [0, 0.05) is 16.7 Å². The van der Waals surface area contributed by atoms with Crippen molar-refractivity contribution in [1.82, 2.24) is 0 Å². The molecule has 0 aromatic heterocycles. The van der Waals surface area contributed by atoms with E-state index in [0.29, 0.717) is 5.56 Å². The number of benzene rings is 2. The molecule has 0 aliphatic rings. The Morgan fingerprint density at radius 2 is 1.48 bits per heavy atom. The molecule has 0 aliphatic heterocycles. The van der Waals surface area contributed by atoms with E-state index >= 15 is 0 Å². The molecule has 2 rings (SSSR count). The van der Waals surface area contributed by atoms with Crippen LogP contribution in [0.1, 0.15) is 13.8 Å². The smallest absolute Gasteiger partial charge is 0.338 e. The van der Waals surface area contributed by atoms with Gasteiger partial charge in [0.25, 0.3) is 0 Å². The van der Waals surface area contributed by atoms with Crippen LogP contribution in [0.15, 0.2) is 73.2 Å². The van der Waals surface area contributed by atoms with Gasteiger partial charge in [0.2, 0.25) is 5.82 Å². The van der Waals surface area contributed by atoms with E-state index in [0.717, 1.165) is 12.5 Å². The van der Waals surface area contributed by atoms with Gasteiger partial charge in [-0.15, -0.1) is 0 Å². The lowest BCUT2D eigenvalue weighted by molar-refractivity contribution is -0.133. The average molecular weight is 400 g/mol. The van der Waals surface area contributed by atoms with Crippen LogP contribution in [0.25, 0.3) is 11.1 Å². The maximum absolute atomic E-state index is 14.4. The third-order valence-corrected chi connectivity index (χ3v) is 3.55. The summed E-state index contributed by atoms with van der Waals surface area (Å²) in [5, 5.41) is 0. The van der Waals surface area contributed by atoms with Crippen molar-refractivity contribution >= 4 is 11.9 Å². The largest absolute Gasteiger partial charge is 0.459 e. The van der Waals surface area contributed by atoms with Gasteiger partial charge >= 0.3 is 11.9 Å². The Bertz CT molecular complexity index is 991. The standard InChI is InChI=1S/C22H18F2O5/c1-13(2)21(25)28-12-11-27-18-10-9-17(19(23)20(18)24)15-5-7-16(8-6-15)29-22(26)14(3)4/h5-12H,1,3H2,2,4H3/b12-11-. The molecule has 150 valence electrons. The van der Waals surface area contributed by atoms with Crippen molar-refractivity contribution in [2.75, 3.05) is 0 Å². The van der Waals surface area contributed by atoms with E-state index in [1.165, 1.54) is 50.2 Å². The van der Waals surface area contributed by atoms with Crippen molar-refractivity contribution in [1.29, 1.82) is 0 Å². The van der Waals surface area contributed by atoms with Gasteiger partial charge in [0.15, 0.2) is 11.6 Å². The monoisotopic (exact) mass is 400 g/mol. The summed E-state index contributed by atoms with van der Waals surface area (Å²) in [7, 11) is 0. The number of carbonyl (C=O) groups excluding carboxylic acids is 2. The first-order valence-corrected chi connectivity index (χ1v) is 8.35. The molecule has 0 saturated carbocycles. The van der Waals surface area contributed by atoms with Gasteiger partial charge in [0.1, 0.15) is 18.3 Å². The van der Waals surface area contributed by atoms with Crippen molar-refractivity contribution in [2.24, 2.45) is 0 Å². The van der Waals surface area contributed by atoms with Crippen molar-refractivity contribution in [3.63, 3.8) is 0 Å². The Balaban J connectivity index is 2.13. The Morgan fingerprint density at radius 3 is 2.07 bits per heavy atom. The molecule has 2 aromatic rings. The zero-order chi connectivity index (χ0) is 21.6. The van der Waals surface area contributed by atoms with E-state index in [2.05, 4.69) is 17.9 Å². The van der Waals surface area contributed by atoms with Crippen LogP contribution in [0, 0.1) is 11.6 Å². The summed E-state index contributed by atoms with van der Waals surface area (Å²) in [6.07, 6.45) is 1.80. The highest BCUT2D eigenvalue weighted by molar-refractivity contribution is 5.89. The number of hydrogen-bond acceptors (Lipinski definition) is 5. The predicted molar refractivity (Wildman–Crippen MR) is 103 cm³/mol. The first-order valence-electron chi connectivity index (χ1n) is 8.35. The van der Waals surface area contributed by atoms with Crippen LogP contribution in [0.2, 0.25) is 0 Å². The van der Waals surface area contributed by atoms with Crippen LogP contribution in [0.5, 0.6) is 11.5 Å². The summed E-state index contributed by atoms with van der Waals surface area (Å²) in [5.41, 5.74) is 0.775. The van der Waals surface area contributed by atoms with Crippen molar-refractivity contribution in [2.45, 2.75) is 13.8 Å². The maximum atomic E-state index is 14.4. The normalized spacial score (nSPS) is 10.5. The summed E-state index contributed by atoms with van der Waals surface area (Å²) in [5.74, 6) is -3.74. The third-order valence-electron chi connectivity index (χ3n) is 3.55. The molecule has 0 amide bonds. The lowest BCUT2D eigenvalue weighted by Crippen LogP contribution is -2.07. The number of carbonyl (C=O) groups is 2. The minimum atomic E-state index is -1.21. The van der Waals surface area contributed by atoms with Gasteiger partial charge in [0.05, 0.1) is 0 Å². The summed E-state index contributed by atoms with van der Waals surface area (Å²) in [6, 6.07) is 8.43. The zero-order valence-corrected chi connectivity index (χ0v) is 15.8.